The van der Waals surface area contributed by atoms with Crippen molar-refractivity contribution in [1.82, 2.24) is 20.1 Å². The minimum atomic E-state index is -1.12. The molecule has 0 aliphatic carbocycles. The topological polar surface area (TPSA) is 59.8 Å². The number of benzene rings is 1. The van der Waals surface area contributed by atoms with Crippen LogP contribution in [-0.2, 0) is 6.54 Å². The molecule has 8 heteroatoms. The van der Waals surface area contributed by atoms with Crippen molar-refractivity contribution in [1.29, 1.82) is 0 Å². The summed E-state index contributed by atoms with van der Waals surface area (Å²) < 4.78 is 27.6. The minimum absolute atomic E-state index is 0.115. The Balaban J connectivity index is 2.06. The molecule has 20 heavy (non-hydrogen) atoms. The molecule has 1 aromatic carbocycles. The Kier molecular flexibility index (Phi) is 4.29. The number of nitrogens with zero attached hydrogens (tertiary/aromatic N) is 3. The van der Waals surface area contributed by atoms with Gasteiger partial charge in [0.2, 0.25) is 0 Å². The van der Waals surface area contributed by atoms with Gasteiger partial charge in [-0.15, -0.1) is 0 Å². The van der Waals surface area contributed by atoms with E-state index in [1.807, 2.05) is 0 Å². The molecule has 0 unspecified atom stereocenters. The highest BCUT2D eigenvalue weighted by Crippen LogP contribution is 2.20. The molecule has 1 atom stereocenters. The third-order valence-electron chi connectivity index (χ3n) is 2.56. The lowest BCUT2D eigenvalue weighted by Crippen LogP contribution is -2.36. The largest absolute Gasteiger partial charge is 0.348 e. The molecule has 1 heterocycles. The van der Waals surface area contributed by atoms with Crippen molar-refractivity contribution in [3.8, 4) is 0 Å². The van der Waals surface area contributed by atoms with Gasteiger partial charge in [0.15, 0.2) is 11.6 Å². The first-order valence-corrected chi connectivity index (χ1v) is 6.13. The second kappa shape index (κ2) is 5.96. The first-order chi connectivity index (χ1) is 9.47. The van der Waals surface area contributed by atoms with Crippen LogP contribution in [0.15, 0.2) is 24.8 Å². The molecule has 0 radical (unpaired) electrons. The first-order valence-electron chi connectivity index (χ1n) is 5.75. The van der Waals surface area contributed by atoms with Crippen molar-refractivity contribution in [2.45, 2.75) is 19.5 Å². The molecule has 0 fully saturated rings. The average molecular weight is 301 g/mol. The van der Waals surface area contributed by atoms with E-state index in [0.29, 0.717) is 6.54 Å². The number of aromatic nitrogens is 3. The second-order valence-corrected chi connectivity index (χ2v) is 4.65. The Hall–Kier alpha value is -2.02. The van der Waals surface area contributed by atoms with Crippen LogP contribution in [0.25, 0.3) is 0 Å². The van der Waals surface area contributed by atoms with Gasteiger partial charge in [0.1, 0.15) is 12.7 Å². The van der Waals surface area contributed by atoms with Gasteiger partial charge in [-0.1, -0.05) is 11.6 Å². The number of amides is 1. The van der Waals surface area contributed by atoms with Crippen molar-refractivity contribution in [2.24, 2.45) is 0 Å². The molecular weight excluding hydrogens is 290 g/mol. The summed E-state index contributed by atoms with van der Waals surface area (Å²) in [5.74, 6) is -2.80. The van der Waals surface area contributed by atoms with Gasteiger partial charge in [-0.3, -0.25) is 9.48 Å². The van der Waals surface area contributed by atoms with Gasteiger partial charge >= 0.3 is 0 Å². The van der Waals surface area contributed by atoms with Crippen molar-refractivity contribution in [3.05, 3.63) is 47.0 Å². The molecule has 2 rings (SSSR count). The Bertz CT molecular complexity index is 618. The molecule has 1 N–H and O–H groups in total. The van der Waals surface area contributed by atoms with E-state index in [1.165, 1.54) is 17.3 Å². The number of carbonyl (C=O) groups excluding carboxylic acids is 1. The summed E-state index contributed by atoms with van der Waals surface area (Å²) >= 11 is 5.73. The lowest BCUT2D eigenvalue weighted by atomic mass is 10.2. The van der Waals surface area contributed by atoms with Gasteiger partial charge < -0.3 is 5.32 Å². The summed E-state index contributed by atoms with van der Waals surface area (Å²) in [4.78, 5) is 15.7. The zero-order valence-electron chi connectivity index (χ0n) is 10.5. The van der Waals surface area contributed by atoms with E-state index in [1.54, 1.807) is 6.92 Å². The Morgan fingerprint density at radius 2 is 2.15 bits per heavy atom. The summed E-state index contributed by atoms with van der Waals surface area (Å²) in [6.45, 7) is 2.14. The summed E-state index contributed by atoms with van der Waals surface area (Å²) in [5.41, 5.74) is -0.115. The van der Waals surface area contributed by atoms with Crippen LogP contribution in [0.3, 0.4) is 0 Å². The fourth-order valence-corrected chi connectivity index (χ4v) is 1.89. The average Bonchev–Trinajstić information content (AvgIpc) is 2.86. The number of halogens is 3. The van der Waals surface area contributed by atoms with E-state index in [4.69, 9.17) is 11.6 Å². The Morgan fingerprint density at radius 3 is 2.80 bits per heavy atom. The zero-order valence-corrected chi connectivity index (χ0v) is 11.2. The van der Waals surface area contributed by atoms with Crippen LogP contribution in [-0.4, -0.2) is 26.7 Å². The lowest BCUT2D eigenvalue weighted by Gasteiger charge is -2.14. The monoisotopic (exact) mass is 300 g/mol. The maximum Gasteiger partial charge on any atom is 0.253 e. The van der Waals surface area contributed by atoms with Crippen LogP contribution < -0.4 is 5.32 Å². The smallest absolute Gasteiger partial charge is 0.253 e. The molecule has 0 aliphatic rings. The fraction of sp³-hybridized carbons (Fsp3) is 0.250. The summed E-state index contributed by atoms with van der Waals surface area (Å²) in [7, 11) is 0. The SMILES string of the molecule is C[C@@H](Cn1cncn1)NC(=O)c1cc(F)c(F)cc1Cl. The molecule has 106 valence electrons. The molecule has 0 aliphatic heterocycles. The lowest BCUT2D eigenvalue weighted by molar-refractivity contribution is 0.0935. The zero-order chi connectivity index (χ0) is 14.7. The third-order valence-corrected chi connectivity index (χ3v) is 2.87. The number of carbonyl (C=O) groups is 1. The van der Waals surface area contributed by atoms with Crippen molar-refractivity contribution in [2.75, 3.05) is 0 Å². The molecule has 1 amide bonds. The van der Waals surface area contributed by atoms with E-state index < -0.39 is 17.5 Å². The number of rotatable bonds is 4. The van der Waals surface area contributed by atoms with Gasteiger partial charge in [0, 0.05) is 6.04 Å². The van der Waals surface area contributed by atoms with E-state index in [2.05, 4.69) is 15.4 Å². The van der Waals surface area contributed by atoms with Crippen LogP contribution in [0.4, 0.5) is 8.78 Å². The maximum atomic E-state index is 13.1. The van der Waals surface area contributed by atoms with Gasteiger partial charge in [-0.2, -0.15) is 5.10 Å². The normalized spacial score (nSPS) is 12.2. The predicted octanol–water partition coefficient (Wildman–Crippen LogP) is 2.03. The fourth-order valence-electron chi connectivity index (χ4n) is 1.65. The van der Waals surface area contributed by atoms with Gasteiger partial charge in [-0.25, -0.2) is 13.8 Å². The Labute approximate surface area is 118 Å². The van der Waals surface area contributed by atoms with E-state index in [0.717, 1.165) is 12.1 Å². The third kappa shape index (κ3) is 3.30. The van der Waals surface area contributed by atoms with Crippen LogP contribution in [0.5, 0.6) is 0 Å². The summed E-state index contributed by atoms with van der Waals surface area (Å²) in [5, 5.41) is 6.37. The van der Waals surface area contributed by atoms with Crippen LogP contribution in [0.2, 0.25) is 5.02 Å². The molecular formula is C12H11ClF2N4O. The molecule has 5 nitrogen and oxygen atoms in total. The molecule has 0 bridgehead atoms. The highest BCUT2D eigenvalue weighted by molar-refractivity contribution is 6.33. The quantitative estimate of drug-likeness (QED) is 0.879. The summed E-state index contributed by atoms with van der Waals surface area (Å²) in [6.07, 6.45) is 2.88. The van der Waals surface area contributed by atoms with E-state index in [9.17, 15) is 13.6 Å². The van der Waals surface area contributed by atoms with Crippen LogP contribution in [0, 0.1) is 11.6 Å². The van der Waals surface area contributed by atoms with Gasteiger partial charge in [-0.05, 0) is 19.1 Å². The standard InChI is InChI=1S/C12H11ClF2N4O/c1-7(4-19-6-16-5-17-19)18-12(20)8-2-10(14)11(15)3-9(8)13/h2-3,5-7H,4H2,1H3,(H,18,20)/t7-/m0/s1. The van der Waals surface area contributed by atoms with Crippen molar-refractivity contribution >= 4 is 17.5 Å². The highest BCUT2D eigenvalue weighted by atomic mass is 35.5. The van der Waals surface area contributed by atoms with Crippen molar-refractivity contribution < 1.29 is 13.6 Å². The second-order valence-electron chi connectivity index (χ2n) is 4.24. The van der Waals surface area contributed by atoms with Crippen LogP contribution >= 0.6 is 11.6 Å². The van der Waals surface area contributed by atoms with Crippen LogP contribution in [0.1, 0.15) is 17.3 Å². The number of hydrogen-bond donors (Lipinski definition) is 1. The highest BCUT2D eigenvalue weighted by Gasteiger charge is 2.17. The predicted molar refractivity (Wildman–Crippen MR) is 68.3 cm³/mol. The number of hydrogen-bond acceptors (Lipinski definition) is 3. The first kappa shape index (κ1) is 14.4. The van der Waals surface area contributed by atoms with Gasteiger partial charge in [0.25, 0.3) is 5.91 Å². The number of nitrogens with one attached hydrogen (secondary N) is 1. The molecule has 0 saturated heterocycles. The molecule has 0 saturated carbocycles. The van der Waals surface area contributed by atoms with E-state index >= 15 is 0 Å². The minimum Gasteiger partial charge on any atom is -0.348 e. The van der Waals surface area contributed by atoms with Gasteiger partial charge in [0.05, 0.1) is 17.1 Å². The molecule has 2 aromatic rings. The maximum absolute atomic E-state index is 13.1. The molecule has 0 spiro atoms. The van der Waals surface area contributed by atoms with Crippen molar-refractivity contribution in [3.63, 3.8) is 0 Å². The van der Waals surface area contributed by atoms with E-state index in [-0.39, 0.29) is 16.6 Å². The summed E-state index contributed by atoms with van der Waals surface area (Å²) in [6, 6.07) is 1.26. The molecule has 1 aromatic heterocycles. The Morgan fingerprint density at radius 1 is 1.45 bits per heavy atom.